The molecule has 106 valence electrons. The minimum atomic E-state index is -3.20. The SMILES string of the molecule is CC(CN)CS(=O)(=O)Cc1cc(Cl)cc2c1OCC2. The third-order valence-electron chi connectivity index (χ3n) is 3.14. The maximum absolute atomic E-state index is 12.1. The van der Waals surface area contributed by atoms with Crippen LogP contribution in [0.25, 0.3) is 0 Å². The fraction of sp³-hybridized carbons (Fsp3) is 0.538. The first-order valence-electron chi connectivity index (χ1n) is 6.26. The minimum absolute atomic E-state index is 0.0414. The molecule has 1 heterocycles. The Bertz CT molecular complexity index is 571. The van der Waals surface area contributed by atoms with E-state index < -0.39 is 9.84 Å². The van der Waals surface area contributed by atoms with Crippen molar-refractivity contribution >= 4 is 21.4 Å². The molecule has 1 atom stereocenters. The molecule has 1 aromatic carbocycles. The van der Waals surface area contributed by atoms with Crippen molar-refractivity contribution in [2.24, 2.45) is 11.7 Å². The van der Waals surface area contributed by atoms with Gasteiger partial charge in [-0.15, -0.1) is 0 Å². The third-order valence-corrected chi connectivity index (χ3v) is 5.19. The summed E-state index contributed by atoms with van der Waals surface area (Å²) in [7, 11) is -3.20. The van der Waals surface area contributed by atoms with Gasteiger partial charge in [0.2, 0.25) is 0 Å². The Morgan fingerprint density at radius 2 is 2.21 bits per heavy atom. The van der Waals surface area contributed by atoms with Crippen molar-refractivity contribution in [1.29, 1.82) is 0 Å². The lowest BCUT2D eigenvalue weighted by molar-refractivity contribution is 0.354. The molecule has 1 unspecified atom stereocenters. The number of ether oxygens (including phenoxy) is 1. The van der Waals surface area contributed by atoms with E-state index in [0.29, 0.717) is 29.5 Å². The molecule has 6 heteroatoms. The molecule has 0 radical (unpaired) electrons. The van der Waals surface area contributed by atoms with Crippen LogP contribution < -0.4 is 10.5 Å². The van der Waals surface area contributed by atoms with Gasteiger partial charge in [0.05, 0.1) is 18.1 Å². The molecule has 0 fully saturated rings. The predicted octanol–water partition coefficient (Wildman–Crippen LogP) is 1.78. The van der Waals surface area contributed by atoms with E-state index in [-0.39, 0.29) is 17.4 Å². The lowest BCUT2D eigenvalue weighted by Gasteiger charge is -2.12. The van der Waals surface area contributed by atoms with Gasteiger partial charge in [0.1, 0.15) is 5.75 Å². The predicted molar refractivity (Wildman–Crippen MR) is 76.4 cm³/mol. The second-order valence-electron chi connectivity index (χ2n) is 5.05. The van der Waals surface area contributed by atoms with Crippen LogP contribution in [0.4, 0.5) is 0 Å². The molecule has 1 aliphatic heterocycles. The monoisotopic (exact) mass is 303 g/mol. The number of halogens is 1. The third kappa shape index (κ3) is 3.61. The Balaban J connectivity index is 2.24. The number of hydrogen-bond donors (Lipinski definition) is 1. The van der Waals surface area contributed by atoms with Crippen molar-refractivity contribution in [2.75, 3.05) is 18.9 Å². The van der Waals surface area contributed by atoms with Crippen molar-refractivity contribution in [1.82, 2.24) is 0 Å². The van der Waals surface area contributed by atoms with E-state index in [1.807, 2.05) is 13.0 Å². The maximum atomic E-state index is 12.1. The van der Waals surface area contributed by atoms with Crippen molar-refractivity contribution in [3.05, 3.63) is 28.3 Å². The van der Waals surface area contributed by atoms with Gasteiger partial charge in [0.15, 0.2) is 9.84 Å². The van der Waals surface area contributed by atoms with Gasteiger partial charge in [0, 0.05) is 17.0 Å². The fourth-order valence-corrected chi connectivity index (χ4v) is 4.32. The molecule has 4 nitrogen and oxygen atoms in total. The van der Waals surface area contributed by atoms with Crippen LogP contribution in [-0.4, -0.2) is 27.3 Å². The number of nitrogens with two attached hydrogens (primary N) is 1. The Hall–Kier alpha value is -0.780. The van der Waals surface area contributed by atoms with Gasteiger partial charge in [-0.05, 0) is 30.2 Å². The zero-order valence-electron chi connectivity index (χ0n) is 10.9. The molecular formula is C13H18ClNO3S. The zero-order chi connectivity index (χ0) is 14.0. The average molecular weight is 304 g/mol. The van der Waals surface area contributed by atoms with Crippen LogP contribution in [0.2, 0.25) is 5.02 Å². The summed E-state index contributed by atoms with van der Waals surface area (Å²) in [6.45, 7) is 2.78. The summed E-state index contributed by atoms with van der Waals surface area (Å²) in [5, 5.41) is 0.557. The number of rotatable bonds is 5. The molecule has 0 bridgehead atoms. The summed E-state index contributed by atoms with van der Waals surface area (Å²) >= 11 is 6.02. The highest BCUT2D eigenvalue weighted by Crippen LogP contribution is 2.34. The van der Waals surface area contributed by atoms with Crippen LogP contribution in [0.15, 0.2) is 12.1 Å². The molecule has 0 aromatic heterocycles. The molecule has 0 spiro atoms. The summed E-state index contributed by atoms with van der Waals surface area (Å²) in [5.41, 5.74) is 7.12. The van der Waals surface area contributed by atoms with Gasteiger partial charge in [0.25, 0.3) is 0 Å². The smallest absolute Gasteiger partial charge is 0.154 e. The normalized spacial score (nSPS) is 15.9. The Kier molecular flexibility index (Phi) is 4.38. The number of benzene rings is 1. The largest absolute Gasteiger partial charge is 0.493 e. The molecule has 0 saturated carbocycles. The van der Waals surface area contributed by atoms with Crippen LogP contribution in [-0.2, 0) is 22.0 Å². The van der Waals surface area contributed by atoms with E-state index >= 15 is 0 Å². The van der Waals surface area contributed by atoms with Gasteiger partial charge < -0.3 is 10.5 Å². The van der Waals surface area contributed by atoms with Gasteiger partial charge in [-0.3, -0.25) is 0 Å². The van der Waals surface area contributed by atoms with E-state index in [9.17, 15) is 8.42 Å². The first-order valence-corrected chi connectivity index (χ1v) is 8.46. The van der Waals surface area contributed by atoms with Gasteiger partial charge >= 0.3 is 0 Å². The highest BCUT2D eigenvalue weighted by Gasteiger charge is 2.23. The van der Waals surface area contributed by atoms with Crippen LogP contribution in [0.1, 0.15) is 18.1 Å². The van der Waals surface area contributed by atoms with Crippen LogP contribution in [0.3, 0.4) is 0 Å². The summed E-state index contributed by atoms with van der Waals surface area (Å²) in [6.07, 6.45) is 0.780. The second-order valence-corrected chi connectivity index (χ2v) is 7.59. The standard InChI is InChI=1S/C13H18ClNO3S/c1-9(6-15)7-19(16,17)8-11-5-12(14)4-10-2-3-18-13(10)11/h4-5,9H,2-3,6-8,15H2,1H3. The molecular weight excluding hydrogens is 286 g/mol. The van der Waals surface area contributed by atoms with E-state index in [1.165, 1.54) is 0 Å². The van der Waals surface area contributed by atoms with Crippen molar-refractivity contribution in [3.8, 4) is 5.75 Å². The Morgan fingerprint density at radius 1 is 1.47 bits per heavy atom. The number of hydrogen-bond acceptors (Lipinski definition) is 4. The lowest BCUT2D eigenvalue weighted by atomic mass is 10.1. The van der Waals surface area contributed by atoms with Crippen molar-refractivity contribution < 1.29 is 13.2 Å². The van der Waals surface area contributed by atoms with Crippen LogP contribution in [0, 0.1) is 5.92 Å². The highest BCUT2D eigenvalue weighted by molar-refractivity contribution is 7.90. The summed E-state index contributed by atoms with van der Waals surface area (Å²) < 4.78 is 29.8. The van der Waals surface area contributed by atoms with Crippen molar-refractivity contribution in [3.63, 3.8) is 0 Å². The zero-order valence-corrected chi connectivity index (χ0v) is 12.4. The number of fused-ring (bicyclic) bond motifs is 1. The second kappa shape index (κ2) is 5.69. The van der Waals surface area contributed by atoms with Gasteiger partial charge in [-0.25, -0.2) is 8.42 Å². The molecule has 2 N–H and O–H groups in total. The minimum Gasteiger partial charge on any atom is -0.493 e. The highest BCUT2D eigenvalue weighted by atomic mass is 35.5. The topological polar surface area (TPSA) is 69.4 Å². The molecule has 19 heavy (non-hydrogen) atoms. The molecule has 0 amide bonds. The summed E-state index contributed by atoms with van der Waals surface area (Å²) in [6, 6.07) is 3.51. The molecule has 2 rings (SSSR count). The summed E-state index contributed by atoms with van der Waals surface area (Å²) in [4.78, 5) is 0. The van der Waals surface area contributed by atoms with Crippen LogP contribution >= 0.6 is 11.6 Å². The van der Waals surface area contributed by atoms with Gasteiger partial charge in [-0.2, -0.15) is 0 Å². The van der Waals surface area contributed by atoms with Crippen LogP contribution in [0.5, 0.6) is 5.75 Å². The molecule has 1 aromatic rings. The molecule has 1 aliphatic rings. The average Bonchev–Trinajstić information content (AvgIpc) is 2.75. The van der Waals surface area contributed by atoms with E-state index in [4.69, 9.17) is 22.1 Å². The first-order chi connectivity index (χ1) is 8.91. The van der Waals surface area contributed by atoms with E-state index in [2.05, 4.69) is 0 Å². The fourth-order valence-electron chi connectivity index (χ4n) is 2.25. The lowest BCUT2D eigenvalue weighted by Crippen LogP contribution is -2.22. The van der Waals surface area contributed by atoms with E-state index in [1.54, 1.807) is 6.07 Å². The van der Waals surface area contributed by atoms with Gasteiger partial charge in [-0.1, -0.05) is 18.5 Å². The Labute approximate surface area is 118 Å². The quantitative estimate of drug-likeness (QED) is 0.900. The molecule has 0 saturated heterocycles. The maximum Gasteiger partial charge on any atom is 0.154 e. The number of sulfone groups is 1. The molecule has 0 aliphatic carbocycles. The van der Waals surface area contributed by atoms with E-state index in [0.717, 1.165) is 12.0 Å². The first kappa shape index (κ1) is 14.6. The summed E-state index contributed by atoms with van der Waals surface area (Å²) in [5.74, 6) is 0.692. The Morgan fingerprint density at radius 3 is 2.89 bits per heavy atom. The van der Waals surface area contributed by atoms with Crippen molar-refractivity contribution in [2.45, 2.75) is 19.1 Å².